The third kappa shape index (κ3) is 7.87. The number of ether oxygens (including phenoxy) is 2. The van der Waals surface area contributed by atoms with Crippen molar-refractivity contribution in [3.8, 4) is 11.5 Å². The topological polar surface area (TPSA) is 105 Å². The molecule has 3 aromatic rings. The quantitative estimate of drug-likeness (QED) is 0.264. The van der Waals surface area contributed by atoms with Crippen molar-refractivity contribution >= 4 is 50.7 Å². The van der Waals surface area contributed by atoms with Gasteiger partial charge in [0.1, 0.15) is 24.1 Å². The van der Waals surface area contributed by atoms with Gasteiger partial charge in [0.15, 0.2) is 0 Å². The molecule has 3 rings (SSSR count). The van der Waals surface area contributed by atoms with Gasteiger partial charge in [-0.3, -0.25) is 13.9 Å². The number of nitrogens with zero attached hydrogens (tertiary/aromatic N) is 2. The summed E-state index contributed by atoms with van der Waals surface area (Å²) in [6.45, 7) is 4.77. The molecule has 0 bridgehead atoms. The molecule has 0 heterocycles. The van der Waals surface area contributed by atoms with E-state index in [0.717, 1.165) is 4.31 Å². The first-order valence-electron chi connectivity index (χ1n) is 13.3. The third-order valence-electron chi connectivity index (χ3n) is 6.42. The summed E-state index contributed by atoms with van der Waals surface area (Å²) >= 11 is 12.4. The Morgan fingerprint density at radius 1 is 0.929 bits per heavy atom. The van der Waals surface area contributed by atoms with Gasteiger partial charge in [-0.05, 0) is 62.2 Å². The normalized spacial score (nSPS) is 12.0. The summed E-state index contributed by atoms with van der Waals surface area (Å²) in [7, 11) is -1.43. The van der Waals surface area contributed by atoms with E-state index in [2.05, 4.69) is 5.32 Å². The van der Waals surface area contributed by atoms with E-state index in [4.69, 9.17) is 32.7 Å². The molecular formula is C30H35Cl2N3O6S. The molecule has 0 aliphatic heterocycles. The minimum Gasteiger partial charge on any atom is -0.497 e. The molecule has 0 saturated heterocycles. The molecule has 0 aliphatic rings. The van der Waals surface area contributed by atoms with Crippen LogP contribution in [-0.4, -0.2) is 58.0 Å². The van der Waals surface area contributed by atoms with Crippen LogP contribution in [0.2, 0.25) is 10.0 Å². The van der Waals surface area contributed by atoms with Crippen LogP contribution in [-0.2, 0) is 26.2 Å². The number of amides is 2. The maximum absolute atomic E-state index is 14.2. The number of halogens is 2. The predicted molar refractivity (Wildman–Crippen MR) is 165 cm³/mol. The number of sulfonamides is 1. The number of carbonyl (C=O) groups excluding carboxylic acids is 2. The van der Waals surface area contributed by atoms with Gasteiger partial charge in [-0.1, -0.05) is 54.4 Å². The van der Waals surface area contributed by atoms with Crippen LogP contribution in [0.4, 0.5) is 5.69 Å². The van der Waals surface area contributed by atoms with Gasteiger partial charge in [0, 0.05) is 18.7 Å². The fraction of sp³-hybridized carbons (Fsp3) is 0.333. The highest BCUT2D eigenvalue weighted by Gasteiger charge is 2.35. The molecule has 0 spiro atoms. The number of anilines is 1. The fourth-order valence-corrected chi connectivity index (χ4v) is 6.12. The average Bonchev–Trinajstić information content (AvgIpc) is 2.97. The number of carbonyl (C=O) groups is 2. The van der Waals surface area contributed by atoms with Crippen molar-refractivity contribution in [3.63, 3.8) is 0 Å². The molecule has 9 nitrogen and oxygen atoms in total. The molecular weight excluding hydrogens is 601 g/mol. The van der Waals surface area contributed by atoms with Crippen molar-refractivity contribution in [1.82, 2.24) is 10.2 Å². The lowest BCUT2D eigenvalue weighted by atomic mass is 10.1. The number of hydrogen-bond acceptors (Lipinski definition) is 6. The Bertz CT molecular complexity index is 1500. The zero-order chi connectivity index (χ0) is 31.0. The minimum absolute atomic E-state index is 0.0196. The van der Waals surface area contributed by atoms with Gasteiger partial charge >= 0.3 is 0 Å². The van der Waals surface area contributed by atoms with Crippen molar-refractivity contribution in [2.45, 2.75) is 50.7 Å². The van der Waals surface area contributed by atoms with E-state index in [1.165, 1.54) is 37.3 Å². The number of rotatable bonds is 13. The molecule has 3 aromatic carbocycles. The summed E-state index contributed by atoms with van der Waals surface area (Å²) < 4.78 is 39.9. The van der Waals surface area contributed by atoms with Crippen LogP contribution in [0, 0.1) is 0 Å². The Kier molecular flexibility index (Phi) is 11.5. The van der Waals surface area contributed by atoms with Gasteiger partial charge in [-0.25, -0.2) is 8.42 Å². The lowest BCUT2D eigenvalue weighted by Crippen LogP contribution is -2.53. The molecule has 226 valence electrons. The van der Waals surface area contributed by atoms with E-state index in [9.17, 15) is 18.0 Å². The van der Waals surface area contributed by atoms with E-state index in [1.807, 2.05) is 13.8 Å². The van der Waals surface area contributed by atoms with Gasteiger partial charge in [0.2, 0.25) is 11.8 Å². The van der Waals surface area contributed by atoms with Crippen LogP contribution in [0.15, 0.2) is 71.6 Å². The van der Waals surface area contributed by atoms with E-state index in [1.54, 1.807) is 55.5 Å². The van der Waals surface area contributed by atoms with Crippen LogP contribution in [0.5, 0.6) is 11.5 Å². The van der Waals surface area contributed by atoms with Gasteiger partial charge in [-0.15, -0.1) is 0 Å². The number of benzene rings is 3. The standard InChI is InChI=1S/C30H35Cl2N3O6S/c1-6-26(30(37)33-20(2)3)34(18-21-12-14-24(31)25(32)16-21)29(36)19-35(42(38,39)23-10-8-7-9-11-23)27-17-22(40-4)13-15-28(27)41-5/h7-17,20,26H,6,18-19H2,1-5H3,(H,33,37)/t26-/m0/s1. The highest BCUT2D eigenvalue weighted by Crippen LogP contribution is 2.36. The summed E-state index contributed by atoms with van der Waals surface area (Å²) in [5.41, 5.74) is 0.716. The minimum atomic E-state index is -4.29. The molecule has 42 heavy (non-hydrogen) atoms. The monoisotopic (exact) mass is 635 g/mol. The Morgan fingerprint density at radius 3 is 2.19 bits per heavy atom. The summed E-state index contributed by atoms with van der Waals surface area (Å²) in [5, 5.41) is 3.49. The summed E-state index contributed by atoms with van der Waals surface area (Å²) in [6, 6.07) is 16.3. The van der Waals surface area contributed by atoms with Crippen molar-refractivity contribution in [1.29, 1.82) is 0 Å². The molecule has 0 aliphatic carbocycles. The zero-order valence-electron chi connectivity index (χ0n) is 24.1. The number of hydrogen-bond donors (Lipinski definition) is 1. The molecule has 2 amide bonds. The van der Waals surface area contributed by atoms with Crippen molar-refractivity contribution in [3.05, 3.63) is 82.3 Å². The van der Waals surface area contributed by atoms with Crippen LogP contribution >= 0.6 is 23.2 Å². The zero-order valence-corrected chi connectivity index (χ0v) is 26.5. The van der Waals surface area contributed by atoms with Gasteiger partial charge in [0.25, 0.3) is 10.0 Å². The third-order valence-corrected chi connectivity index (χ3v) is 8.93. The van der Waals surface area contributed by atoms with E-state index in [-0.39, 0.29) is 46.3 Å². The van der Waals surface area contributed by atoms with E-state index < -0.39 is 28.5 Å². The van der Waals surface area contributed by atoms with Crippen LogP contribution in [0.1, 0.15) is 32.8 Å². The largest absolute Gasteiger partial charge is 0.497 e. The van der Waals surface area contributed by atoms with Crippen molar-refractivity contribution < 1.29 is 27.5 Å². The van der Waals surface area contributed by atoms with Gasteiger partial charge in [0.05, 0.1) is 34.8 Å². The van der Waals surface area contributed by atoms with Crippen LogP contribution in [0.3, 0.4) is 0 Å². The molecule has 0 aromatic heterocycles. The lowest BCUT2D eigenvalue weighted by molar-refractivity contribution is -0.140. The molecule has 0 saturated carbocycles. The second kappa shape index (κ2) is 14.6. The smallest absolute Gasteiger partial charge is 0.264 e. The van der Waals surface area contributed by atoms with E-state index >= 15 is 0 Å². The summed E-state index contributed by atoms with van der Waals surface area (Å²) in [4.78, 5) is 28.8. The molecule has 1 atom stereocenters. The lowest BCUT2D eigenvalue weighted by Gasteiger charge is -2.34. The first kappa shape index (κ1) is 33.0. The molecule has 0 fully saturated rings. The Balaban J connectivity index is 2.15. The summed E-state index contributed by atoms with van der Waals surface area (Å²) in [5.74, 6) is -0.404. The van der Waals surface area contributed by atoms with Crippen LogP contribution < -0.4 is 19.1 Å². The molecule has 0 radical (unpaired) electrons. The fourth-order valence-electron chi connectivity index (χ4n) is 4.36. The SMILES string of the molecule is CC[C@@H](C(=O)NC(C)C)N(Cc1ccc(Cl)c(Cl)c1)C(=O)CN(c1cc(OC)ccc1OC)S(=O)(=O)c1ccccc1. The molecule has 0 unspecified atom stereocenters. The number of methoxy groups -OCH3 is 2. The molecule has 1 N–H and O–H groups in total. The first-order valence-corrected chi connectivity index (χ1v) is 15.5. The van der Waals surface area contributed by atoms with Crippen molar-refractivity contribution in [2.24, 2.45) is 0 Å². The first-order chi connectivity index (χ1) is 19.9. The second-order valence-electron chi connectivity index (χ2n) is 9.72. The Hall–Kier alpha value is -3.47. The second-order valence-corrected chi connectivity index (χ2v) is 12.4. The van der Waals surface area contributed by atoms with Crippen LogP contribution in [0.25, 0.3) is 0 Å². The maximum Gasteiger partial charge on any atom is 0.264 e. The predicted octanol–water partition coefficient (Wildman–Crippen LogP) is 5.54. The molecule has 12 heteroatoms. The highest BCUT2D eigenvalue weighted by molar-refractivity contribution is 7.92. The van der Waals surface area contributed by atoms with Crippen molar-refractivity contribution in [2.75, 3.05) is 25.1 Å². The van der Waals surface area contributed by atoms with E-state index in [0.29, 0.717) is 16.3 Å². The average molecular weight is 637 g/mol. The highest BCUT2D eigenvalue weighted by atomic mass is 35.5. The number of nitrogens with one attached hydrogen (secondary N) is 1. The maximum atomic E-state index is 14.2. The Labute approximate surface area is 257 Å². The van der Waals surface area contributed by atoms with Gasteiger partial charge in [-0.2, -0.15) is 0 Å². The Morgan fingerprint density at radius 2 is 1.62 bits per heavy atom. The van der Waals surface area contributed by atoms with Gasteiger partial charge < -0.3 is 19.7 Å². The summed E-state index contributed by atoms with van der Waals surface area (Å²) in [6.07, 6.45) is 0.277.